The molecule has 0 saturated carbocycles. The van der Waals surface area contributed by atoms with Gasteiger partial charge in [0.2, 0.25) is 17.3 Å². The molecular weight excluding hydrogens is 771 g/mol. The molecule has 1 fully saturated rings. The lowest BCUT2D eigenvalue weighted by Crippen LogP contribution is -2.41. The molecule has 0 spiro atoms. The van der Waals surface area contributed by atoms with Crippen LogP contribution in [0.2, 0.25) is 0 Å². The van der Waals surface area contributed by atoms with Gasteiger partial charge in [-0.2, -0.15) is 0 Å². The van der Waals surface area contributed by atoms with Gasteiger partial charge in [-0.3, -0.25) is 4.79 Å². The number of hydrogen-bond donors (Lipinski definition) is 1. The summed E-state index contributed by atoms with van der Waals surface area (Å²) in [4.78, 5) is 21.6. The Kier molecular flexibility index (Phi) is 15.3. The van der Waals surface area contributed by atoms with E-state index in [0.717, 1.165) is 66.6 Å². The van der Waals surface area contributed by atoms with Crippen LogP contribution < -0.4 is 20.5 Å². The minimum atomic E-state index is -0.378. The predicted molar refractivity (Wildman–Crippen MR) is 215 cm³/mol. The van der Waals surface area contributed by atoms with Crippen LogP contribution in [0.1, 0.15) is 69.5 Å². The van der Waals surface area contributed by atoms with E-state index >= 15 is 0 Å². The van der Waals surface area contributed by atoms with Crippen molar-refractivity contribution < 1.29 is 32.4 Å². The summed E-state index contributed by atoms with van der Waals surface area (Å²) >= 11 is 3.26. The zero-order chi connectivity index (χ0) is 39.8. The van der Waals surface area contributed by atoms with E-state index in [2.05, 4.69) is 46.4 Å². The second-order valence-corrected chi connectivity index (χ2v) is 14.2. The summed E-state index contributed by atoms with van der Waals surface area (Å²) in [7, 11) is 2.81. The van der Waals surface area contributed by atoms with Crippen LogP contribution in [0.4, 0.5) is 0 Å². The lowest BCUT2D eigenvalue weighted by Gasteiger charge is -2.32. The number of aryl methyl sites for hydroxylation is 6. The molecule has 0 aromatic carbocycles. The van der Waals surface area contributed by atoms with Crippen LogP contribution in [0.5, 0.6) is 11.8 Å². The van der Waals surface area contributed by atoms with Crippen molar-refractivity contribution in [2.24, 2.45) is 0 Å². The summed E-state index contributed by atoms with van der Waals surface area (Å²) in [6, 6.07) is 10.7. The van der Waals surface area contributed by atoms with Gasteiger partial charge in [-0.25, -0.2) is 9.97 Å². The molecule has 1 saturated heterocycles. The average Bonchev–Trinajstić information content (AvgIpc) is 3.83. The fraction of sp³-hybridized carbons (Fsp3) is 0.385. The lowest BCUT2D eigenvalue weighted by atomic mass is 9.77. The van der Waals surface area contributed by atoms with E-state index in [1.54, 1.807) is 44.9 Å². The van der Waals surface area contributed by atoms with Gasteiger partial charge in [0.05, 0.1) is 42.5 Å². The standard InChI is InChI=1S/C11H18BNO3.C11H12N2O2.C10H10N2O2.C6H6BrNO.CH4/c1-7-9(8(2)14-13-7)12-15-10(3,4)11(5,6)16-12;1-7-11(8(2)15-13-7)9-4-5-10(14-3)12-6-9;1-6-10(7(2)14-12-6)8-3-4-9(13)11-5-8;1-9-6-3-2-5(7)4-8-6;/h1-6H3;4-6H,1-3H3;3-5H,1-2H3,(H,11,13);2-4H,1H3;1H4. The summed E-state index contributed by atoms with van der Waals surface area (Å²) in [5, 5.41) is 11.7. The maximum absolute atomic E-state index is 10.9. The van der Waals surface area contributed by atoms with Gasteiger partial charge < -0.3 is 37.3 Å². The first-order valence-electron chi connectivity index (χ1n) is 17.0. The minimum absolute atomic E-state index is 0. The molecule has 0 aliphatic carbocycles. The van der Waals surface area contributed by atoms with Gasteiger partial charge in [0.15, 0.2) is 0 Å². The van der Waals surface area contributed by atoms with Crippen LogP contribution in [-0.4, -0.2) is 63.0 Å². The molecule has 0 amide bonds. The van der Waals surface area contributed by atoms with Crippen LogP contribution in [0.3, 0.4) is 0 Å². The molecule has 1 N–H and O–H groups in total. The van der Waals surface area contributed by atoms with Crippen molar-refractivity contribution in [2.45, 2.75) is 87.9 Å². The van der Waals surface area contributed by atoms with Gasteiger partial charge >= 0.3 is 7.12 Å². The highest BCUT2D eigenvalue weighted by molar-refractivity contribution is 9.10. The molecular formula is C39H50BBrN6O8. The van der Waals surface area contributed by atoms with Crippen LogP contribution in [0, 0.1) is 41.5 Å². The Morgan fingerprint density at radius 3 is 1.51 bits per heavy atom. The van der Waals surface area contributed by atoms with Crippen LogP contribution in [0.25, 0.3) is 22.3 Å². The third-order valence-electron chi connectivity index (χ3n) is 8.86. The number of aromatic amines is 1. The van der Waals surface area contributed by atoms with E-state index < -0.39 is 0 Å². The van der Waals surface area contributed by atoms with Crippen LogP contribution in [-0.2, 0) is 9.31 Å². The molecule has 16 heteroatoms. The third kappa shape index (κ3) is 11.0. The Hall–Kier alpha value is -5.06. The number of nitrogens with one attached hydrogen (secondary N) is 1. The molecule has 7 rings (SSSR count). The second-order valence-electron chi connectivity index (χ2n) is 13.3. The number of pyridine rings is 3. The van der Waals surface area contributed by atoms with Gasteiger partial charge in [0, 0.05) is 69.0 Å². The maximum atomic E-state index is 10.9. The van der Waals surface area contributed by atoms with Crippen molar-refractivity contribution in [1.82, 2.24) is 30.4 Å². The van der Waals surface area contributed by atoms with Gasteiger partial charge in [0.1, 0.15) is 17.3 Å². The van der Waals surface area contributed by atoms with Crippen molar-refractivity contribution in [3.63, 3.8) is 0 Å². The highest BCUT2D eigenvalue weighted by Crippen LogP contribution is 2.37. The average molecular weight is 822 g/mol. The summed E-state index contributed by atoms with van der Waals surface area (Å²) in [5.41, 5.74) is 6.55. The zero-order valence-corrected chi connectivity index (χ0v) is 34.2. The Bertz CT molecular complexity index is 2080. The van der Waals surface area contributed by atoms with Gasteiger partial charge in [-0.05, 0) is 103 Å². The van der Waals surface area contributed by atoms with E-state index in [1.165, 1.54) is 6.07 Å². The number of rotatable bonds is 5. The van der Waals surface area contributed by atoms with Crippen molar-refractivity contribution in [3.8, 4) is 34.0 Å². The quantitative estimate of drug-likeness (QED) is 0.166. The molecule has 6 aromatic rings. The number of H-pyrrole nitrogens is 1. The normalized spacial score (nSPS) is 13.6. The van der Waals surface area contributed by atoms with E-state index in [0.29, 0.717) is 11.8 Å². The SMILES string of the molecule is C.COc1ccc(-c2c(C)noc2C)cn1.COc1ccc(Br)cn1.Cc1noc(C)c1-c1ccc(=O)[nH]c1.Cc1noc(C)c1B1OC(C)(C)C(C)(C)O1. The molecule has 1 aliphatic heterocycles. The zero-order valence-electron chi connectivity index (χ0n) is 32.7. The molecule has 55 heavy (non-hydrogen) atoms. The predicted octanol–water partition coefficient (Wildman–Crippen LogP) is 8.09. The Balaban J connectivity index is 0.000000199. The highest BCUT2D eigenvalue weighted by Gasteiger charge is 2.53. The molecule has 294 valence electrons. The number of ether oxygens (including phenoxy) is 2. The van der Waals surface area contributed by atoms with Gasteiger partial charge in [0.25, 0.3) is 0 Å². The summed E-state index contributed by atoms with van der Waals surface area (Å²) < 4.78 is 38.0. The van der Waals surface area contributed by atoms with Gasteiger partial charge in [-0.15, -0.1) is 0 Å². The molecule has 0 unspecified atom stereocenters. The number of hydrogen-bond acceptors (Lipinski definition) is 13. The smallest absolute Gasteiger partial charge is 0.481 e. The monoisotopic (exact) mass is 820 g/mol. The van der Waals surface area contributed by atoms with E-state index in [9.17, 15) is 4.79 Å². The molecule has 14 nitrogen and oxygen atoms in total. The molecule has 0 bridgehead atoms. The van der Waals surface area contributed by atoms with E-state index in [4.69, 9.17) is 32.4 Å². The lowest BCUT2D eigenvalue weighted by molar-refractivity contribution is 0.00578. The Morgan fingerprint density at radius 2 is 1.13 bits per heavy atom. The Labute approximate surface area is 330 Å². The second kappa shape index (κ2) is 19.0. The van der Waals surface area contributed by atoms with Crippen LogP contribution in [0.15, 0.2) is 77.8 Å². The first kappa shape index (κ1) is 44.3. The first-order chi connectivity index (χ1) is 25.5. The number of methoxy groups -OCH3 is 2. The maximum Gasteiger partial charge on any atom is 0.500 e. The summed E-state index contributed by atoms with van der Waals surface area (Å²) in [6.07, 6.45) is 5.11. The highest BCUT2D eigenvalue weighted by atomic mass is 79.9. The summed E-state index contributed by atoms with van der Waals surface area (Å²) in [6.45, 7) is 19.4. The third-order valence-corrected chi connectivity index (χ3v) is 9.33. The number of halogens is 1. The van der Waals surface area contributed by atoms with Crippen molar-refractivity contribution in [3.05, 3.63) is 104 Å². The first-order valence-corrected chi connectivity index (χ1v) is 17.8. The van der Waals surface area contributed by atoms with E-state index in [1.807, 2.05) is 87.4 Å². The number of aromatic nitrogens is 6. The molecule has 0 atom stereocenters. The van der Waals surface area contributed by atoms with Crippen molar-refractivity contribution in [1.29, 1.82) is 0 Å². The van der Waals surface area contributed by atoms with Gasteiger partial charge in [-0.1, -0.05) is 22.9 Å². The van der Waals surface area contributed by atoms with Crippen LogP contribution >= 0.6 is 15.9 Å². The molecule has 1 aliphatic rings. The molecule has 6 aromatic heterocycles. The van der Waals surface area contributed by atoms with E-state index in [-0.39, 0.29) is 31.3 Å². The minimum Gasteiger partial charge on any atom is -0.481 e. The largest absolute Gasteiger partial charge is 0.500 e. The molecule has 0 radical (unpaired) electrons. The van der Waals surface area contributed by atoms with Crippen molar-refractivity contribution in [2.75, 3.05) is 14.2 Å². The fourth-order valence-electron chi connectivity index (χ4n) is 5.28. The molecule has 7 heterocycles. The topological polar surface area (TPSA) is 174 Å². The number of nitrogens with zero attached hydrogens (tertiary/aromatic N) is 5. The fourth-order valence-corrected chi connectivity index (χ4v) is 5.51. The summed E-state index contributed by atoms with van der Waals surface area (Å²) in [5.74, 6) is 3.56. The Morgan fingerprint density at radius 1 is 0.655 bits per heavy atom. The van der Waals surface area contributed by atoms with Crippen molar-refractivity contribution >= 4 is 28.5 Å².